The van der Waals surface area contributed by atoms with Crippen LogP contribution in [0.2, 0.25) is 5.02 Å². The predicted molar refractivity (Wildman–Crippen MR) is 166 cm³/mol. The van der Waals surface area contributed by atoms with E-state index in [-0.39, 0.29) is 6.04 Å². The van der Waals surface area contributed by atoms with E-state index in [2.05, 4.69) is 102 Å². The standard InChI is InChI=1S/C36H29ClN2O/c37-33-21-24(15-20-35(33)40-23-27-9-5-8-25-7-1-2-10-29(25)27)22-38-28-18-16-26(17-19-28)36-32-13-6-12-30(32)31-11-3-4-14-34(31)39-36/h1-12,14-22,30,32,36,39H,13,23H2/t30-,32+,36-/m0/s1. The van der Waals surface area contributed by atoms with Crippen LogP contribution in [-0.4, -0.2) is 6.21 Å². The zero-order valence-corrected chi connectivity index (χ0v) is 22.8. The number of anilines is 1. The molecule has 0 amide bonds. The molecule has 196 valence electrons. The van der Waals surface area contributed by atoms with Crippen LogP contribution in [0, 0.1) is 5.92 Å². The van der Waals surface area contributed by atoms with Crippen LogP contribution in [0.1, 0.15) is 40.6 Å². The maximum atomic E-state index is 6.58. The highest BCUT2D eigenvalue weighted by molar-refractivity contribution is 6.32. The summed E-state index contributed by atoms with van der Waals surface area (Å²) in [7, 11) is 0. The molecule has 3 nitrogen and oxygen atoms in total. The van der Waals surface area contributed by atoms with Crippen LogP contribution in [0.4, 0.5) is 11.4 Å². The largest absolute Gasteiger partial charge is 0.487 e. The molecule has 0 saturated carbocycles. The number of fused-ring (bicyclic) bond motifs is 4. The fraction of sp³-hybridized carbons (Fsp3) is 0.139. The van der Waals surface area contributed by atoms with Crippen LogP contribution in [0.5, 0.6) is 5.75 Å². The van der Waals surface area contributed by atoms with E-state index in [9.17, 15) is 0 Å². The molecule has 1 aliphatic carbocycles. The Morgan fingerprint density at radius 3 is 2.60 bits per heavy atom. The molecule has 0 bridgehead atoms. The minimum absolute atomic E-state index is 0.285. The number of nitrogens with one attached hydrogen (secondary N) is 1. The Morgan fingerprint density at radius 1 is 0.875 bits per heavy atom. The fourth-order valence-corrected chi connectivity index (χ4v) is 6.32. The lowest BCUT2D eigenvalue weighted by molar-refractivity contribution is 0.308. The van der Waals surface area contributed by atoms with E-state index >= 15 is 0 Å². The molecule has 0 unspecified atom stereocenters. The predicted octanol–water partition coefficient (Wildman–Crippen LogP) is 9.65. The highest BCUT2D eigenvalue weighted by Gasteiger charge is 2.37. The van der Waals surface area contributed by atoms with E-state index < -0.39 is 0 Å². The smallest absolute Gasteiger partial charge is 0.138 e. The van der Waals surface area contributed by atoms with Crippen LogP contribution in [0.3, 0.4) is 0 Å². The van der Waals surface area contributed by atoms with Gasteiger partial charge in [-0.15, -0.1) is 0 Å². The highest BCUT2D eigenvalue weighted by Crippen LogP contribution is 2.49. The van der Waals surface area contributed by atoms with E-state index in [1.54, 1.807) is 0 Å². The summed E-state index contributed by atoms with van der Waals surface area (Å²) in [5, 5.41) is 6.77. The third-order valence-corrected chi connectivity index (χ3v) is 8.40. The number of benzene rings is 5. The minimum Gasteiger partial charge on any atom is -0.487 e. The lowest BCUT2D eigenvalue weighted by Gasteiger charge is -2.37. The van der Waals surface area contributed by atoms with Crippen molar-refractivity contribution in [3.05, 3.63) is 149 Å². The quantitative estimate of drug-likeness (QED) is 0.172. The molecule has 0 radical (unpaired) electrons. The zero-order chi connectivity index (χ0) is 26.9. The van der Waals surface area contributed by atoms with Crippen molar-refractivity contribution < 1.29 is 4.74 Å². The van der Waals surface area contributed by atoms with Crippen LogP contribution in [0.25, 0.3) is 10.8 Å². The van der Waals surface area contributed by atoms with Gasteiger partial charge in [-0.3, -0.25) is 4.99 Å². The Labute approximate surface area is 239 Å². The Bertz CT molecular complexity index is 1740. The summed E-state index contributed by atoms with van der Waals surface area (Å²) in [5.41, 5.74) is 6.91. The summed E-state index contributed by atoms with van der Waals surface area (Å²) in [6, 6.07) is 37.9. The Kier molecular flexibility index (Phi) is 6.59. The first kappa shape index (κ1) is 24.7. The molecule has 7 rings (SSSR count). The third kappa shape index (κ3) is 4.78. The second kappa shape index (κ2) is 10.7. The fourth-order valence-electron chi connectivity index (χ4n) is 6.08. The normalized spacial score (nSPS) is 19.4. The van der Waals surface area contributed by atoms with Gasteiger partial charge in [-0.2, -0.15) is 0 Å². The number of halogens is 1. The van der Waals surface area contributed by atoms with Crippen molar-refractivity contribution in [3.8, 4) is 5.75 Å². The number of ether oxygens (including phenoxy) is 1. The molecule has 3 atom stereocenters. The molecule has 4 heteroatoms. The molecule has 40 heavy (non-hydrogen) atoms. The summed E-state index contributed by atoms with van der Waals surface area (Å²) in [6.07, 6.45) is 7.65. The van der Waals surface area contributed by atoms with Crippen LogP contribution in [-0.2, 0) is 6.61 Å². The molecule has 0 aromatic heterocycles. The van der Waals surface area contributed by atoms with Crippen molar-refractivity contribution in [1.29, 1.82) is 0 Å². The topological polar surface area (TPSA) is 33.6 Å². The molecular weight excluding hydrogens is 512 g/mol. The summed E-state index contributed by atoms with van der Waals surface area (Å²) < 4.78 is 6.08. The molecule has 1 N–H and O–H groups in total. The van der Waals surface area contributed by atoms with Crippen molar-refractivity contribution in [1.82, 2.24) is 0 Å². The first-order valence-electron chi connectivity index (χ1n) is 13.8. The van der Waals surface area contributed by atoms with E-state index in [0.29, 0.717) is 29.2 Å². The first-order valence-corrected chi connectivity index (χ1v) is 14.2. The molecule has 5 aromatic rings. The van der Waals surface area contributed by atoms with Gasteiger partial charge in [0.2, 0.25) is 0 Å². The molecule has 2 aliphatic rings. The molecule has 1 aliphatic heterocycles. The zero-order valence-electron chi connectivity index (χ0n) is 22.0. The number of nitrogens with zero attached hydrogens (tertiary/aromatic N) is 1. The van der Waals surface area contributed by atoms with E-state index in [1.807, 2.05) is 30.5 Å². The van der Waals surface area contributed by atoms with Gasteiger partial charge in [0, 0.05) is 17.8 Å². The molecule has 0 saturated heterocycles. The Balaban J connectivity index is 1.03. The molecule has 0 fully saturated rings. The molecular formula is C36H29ClN2O. The van der Waals surface area contributed by atoms with Gasteiger partial charge >= 0.3 is 0 Å². The summed E-state index contributed by atoms with van der Waals surface area (Å²) >= 11 is 6.58. The Hall–Kier alpha value is -4.34. The first-order chi connectivity index (χ1) is 19.7. The number of rotatable bonds is 6. The van der Waals surface area contributed by atoms with Crippen molar-refractivity contribution in [2.75, 3.05) is 5.32 Å². The Morgan fingerprint density at radius 2 is 1.70 bits per heavy atom. The van der Waals surface area contributed by atoms with E-state index in [0.717, 1.165) is 23.2 Å². The lowest BCUT2D eigenvalue weighted by atomic mass is 9.77. The van der Waals surface area contributed by atoms with E-state index in [1.165, 1.54) is 27.6 Å². The van der Waals surface area contributed by atoms with Crippen LogP contribution >= 0.6 is 11.6 Å². The third-order valence-electron chi connectivity index (χ3n) is 8.11. The van der Waals surface area contributed by atoms with Crippen molar-refractivity contribution in [3.63, 3.8) is 0 Å². The average Bonchev–Trinajstić information content (AvgIpc) is 3.50. The van der Waals surface area contributed by atoms with Crippen LogP contribution < -0.4 is 10.1 Å². The maximum Gasteiger partial charge on any atom is 0.138 e. The van der Waals surface area contributed by atoms with Gasteiger partial charge < -0.3 is 10.1 Å². The van der Waals surface area contributed by atoms with E-state index in [4.69, 9.17) is 21.3 Å². The lowest BCUT2D eigenvalue weighted by Crippen LogP contribution is -2.28. The van der Waals surface area contributed by atoms with Crippen molar-refractivity contribution in [2.24, 2.45) is 10.9 Å². The van der Waals surface area contributed by atoms with Gasteiger partial charge in [0.15, 0.2) is 0 Å². The molecule has 5 aromatic carbocycles. The van der Waals surface area contributed by atoms with Crippen molar-refractivity contribution >= 4 is 40.0 Å². The maximum absolute atomic E-state index is 6.58. The summed E-state index contributed by atoms with van der Waals surface area (Å²) in [4.78, 5) is 4.71. The van der Waals surface area contributed by atoms with Gasteiger partial charge in [-0.05, 0) is 81.8 Å². The van der Waals surface area contributed by atoms with Gasteiger partial charge in [-0.1, -0.05) is 96.5 Å². The second-order valence-electron chi connectivity index (χ2n) is 10.5. The number of aliphatic imine (C=N–C) groups is 1. The highest BCUT2D eigenvalue weighted by atomic mass is 35.5. The van der Waals surface area contributed by atoms with Gasteiger partial charge in [-0.25, -0.2) is 0 Å². The van der Waals surface area contributed by atoms with Gasteiger partial charge in [0.25, 0.3) is 0 Å². The van der Waals surface area contributed by atoms with Gasteiger partial charge in [0.05, 0.1) is 16.8 Å². The SMILES string of the molecule is Clc1cc(C=Nc2ccc([C@@H]3Nc4ccccc4[C@@H]4C=CC[C@H]43)cc2)ccc1OCc1cccc2ccccc12. The molecule has 0 spiro atoms. The number of hydrogen-bond acceptors (Lipinski definition) is 3. The van der Waals surface area contributed by atoms with Crippen LogP contribution in [0.15, 0.2) is 126 Å². The average molecular weight is 541 g/mol. The number of hydrogen-bond donors (Lipinski definition) is 1. The molecule has 1 heterocycles. The summed E-state index contributed by atoms with van der Waals surface area (Å²) in [5.74, 6) is 1.67. The van der Waals surface area contributed by atoms with Gasteiger partial charge in [0.1, 0.15) is 12.4 Å². The monoisotopic (exact) mass is 540 g/mol. The number of allylic oxidation sites excluding steroid dienone is 2. The van der Waals surface area contributed by atoms with Crippen molar-refractivity contribution in [2.45, 2.75) is 25.0 Å². The minimum atomic E-state index is 0.285. The number of para-hydroxylation sites is 1. The second-order valence-corrected chi connectivity index (χ2v) is 10.9. The summed E-state index contributed by atoms with van der Waals surface area (Å²) in [6.45, 7) is 0.458.